The van der Waals surface area contributed by atoms with Crippen molar-refractivity contribution in [1.29, 1.82) is 0 Å². The van der Waals surface area contributed by atoms with E-state index in [1.807, 2.05) is 0 Å². The smallest absolute Gasteiger partial charge is 0.379 e. The number of nitrogens with one attached hydrogen (secondary N) is 1. The second-order valence-electron chi connectivity index (χ2n) is 6.50. The van der Waals surface area contributed by atoms with Gasteiger partial charge in [0.2, 0.25) is 5.76 Å². The van der Waals surface area contributed by atoms with Gasteiger partial charge in [0.25, 0.3) is 5.91 Å². The van der Waals surface area contributed by atoms with E-state index in [1.165, 1.54) is 50.2 Å². The van der Waals surface area contributed by atoms with Crippen molar-refractivity contribution < 1.29 is 28.4 Å². The third-order valence-electron chi connectivity index (χ3n) is 4.33. The number of esters is 1. The Kier molecular flexibility index (Phi) is 6.63. The second kappa shape index (κ2) is 9.55. The van der Waals surface area contributed by atoms with Crippen LogP contribution in [0.2, 0.25) is 0 Å². The molecule has 1 N–H and O–H groups in total. The summed E-state index contributed by atoms with van der Waals surface area (Å²) in [6.07, 6.45) is 2.72. The number of hydrogen-bond acceptors (Lipinski definition) is 9. The van der Waals surface area contributed by atoms with E-state index >= 15 is 0 Å². The van der Waals surface area contributed by atoms with Crippen LogP contribution in [-0.2, 0) is 11.3 Å². The van der Waals surface area contributed by atoms with Gasteiger partial charge in [-0.05, 0) is 49.7 Å². The normalized spacial score (nSPS) is 10.8. The van der Waals surface area contributed by atoms with Gasteiger partial charge < -0.3 is 13.9 Å². The van der Waals surface area contributed by atoms with Crippen LogP contribution in [0.5, 0.6) is 11.5 Å². The molecule has 0 bridgehead atoms. The number of nitro groups is 1. The third-order valence-corrected chi connectivity index (χ3v) is 4.33. The van der Waals surface area contributed by atoms with Crippen molar-refractivity contribution in [1.82, 2.24) is 15.2 Å². The molecule has 3 rings (SSSR count). The minimum atomic E-state index is -0.675. The Bertz CT molecular complexity index is 1180. The summed E-state index contributed by atoms with van der Waals surface area (Å²) in [6, 6.07) is 7.72. The third kappa shape index (κ3) is 4.98. The number of nitrogens with zero attached hydrogens (tertiary/aromatic N) is 4. The van der Waals surface area contributed by atoms with Crippen LogP contribution in [0.25, 0.3) is 0 Å². The predicted octanol–water partition coefficient (Wildman–Crippen LogP) is 2.38. The second-order valence-corrected chi connectivity index (χ2v) is 6.50. The van der Waals surface area contributed by atoms with Gasteiger partial charge in [-0.3, -0.25) is 19.6 Å². The molecule has 1 aromatic carbocycles. The minimum absolute atomic E-state index is 0.0494. The number of rotatable bonds is 8. The van der Waals surface area contributed by atoms with Gasteiger partial charge in [0, 0.05) is 0 Å². The molecule has 2 aromatic heterocycles. The number of benzene rings is 1. The SMILES string of the molecule is COc1cc(/C=N/NC(=O)Cn2nc(C)c([N+](=O)[O-])c2C)ccc1OC(=O)c1ccco1. The van der Waals surface area contributed by atoms with Crippen molar-refractivity contribution in [2.75, 3.05) is 7.11 Å². The van der Waals surface area contributed by atoms with Crippen LogP contribution in [0, 0.1) is 24.0 Å². The number of carbonyl (C=O) groups is 2. The van der Waals surface area contributed by atoms with Gasteiger partial charge in [0.15, 0.2) is 11.5 Å². The van der Waals surface area contributed by atoms with Crippen LogP contribution < -0.4 is 14.9 Å². The van der Waals surface area contributed by atoms with Gasteiger partial charge in [-0.2, -0.15) is 10.2 Å². The lowest BCUT2D eigenvalue weighted by Gasteiger charge is -2.09. The zero-order valence-electron chi connectivity index (χ0n) is 17.4. The van der Waals surface area contributed by atoms with E-state index in [4.69, 9.17) is 13.9 Å². The molecule has 0 aliphatic rings. The first kappa shape index (κ1) is 22.2. The first-order valence-corrected chi connectivity index (χ1v) is 9.24. The molecular formula is C20H19N5O7. The van der Waals surface area contributed by atoms with Crippen LogP contribution in [0.15, 0.2) is 46.1 Å². The molecule has 0 radical (unpaired) electrons. The highest BCUT2D eigenvalue weighted by Crippen LogP contribution is 2.28. The summed E-state index contributed by atoms with van der Waals surface area (Å²) in [5.74, 6) is -0.686. The van der Waals surface area contributed by atoms with E-state index in [0.29, 0.717) is 5.56 Å². The molecule has 12 nitrogen and oxygen atoms in total. The average molecular weight is 441 g/mol. The molecule has 0 fully saturated rings. The van der Waals surface area contributed by atoms with E-state index in [2.05, 4.69) is 15.6 Å². The lowest BCUT2D eigenvalue weighted by molar-refractivity contribution is -0.386. The van der Waals surface area contributed by atoms with E-state index in [-0.39, 0.29) is 40.9 Å². The zero-order chi connectivity index (χ0) is 23.3. The first-order valence-electron chi connectivity index (χ1n) is 9.24. The van der Waals surface area contributed by atoms with Crippen molar-refractivity contribution in [3.05, 3.63) is 69.4 Å². The highest BCUT2D eigenvalue weighted by Gasteiger charge is 2.22. The number of ether oxygens (including phenoxy) is 2. The van der Waals surface area contributed by atoms with Gasteiger partial charge in [0.1, 0.15) is 17.9 Å². The monoisotopic (exact) mass is 441 g/mol. The van der Waals surface area contributed by atoms with Crippen LogP contribution in [0.3, 0.4) is 0 Å². The van der Waals surface area contributed by atoms with Gasteiger partial charge in [-0.15, -0.1) is 0 Å². The molecule has 32 heavy (non-hydrogen) atoms. The molecule has 0 aliphatic heterocycles. The molecular weight excluding hydrogens is 422 g/mol. The maximum atomic E-state index is 12.1. The van der Waals surface area contributed by atoms with Crippen LogP contribution in [0.1, 0.15) is 27.5 Å². The van der Waals surface area contributed by atoms with Crippen molar-refractivity contribution >= 4 is 23.8 Å². The number of carbonyl (C=O) groups excluding carboxylic acids is 2. The van der Waals surface area contributed by atoms with Crippen LogP contribution in [0.4, 0.5) is 5.69 Å². The molecule has 0 saturated carbocycles. The Balaban J connectivity index is 1.62. The summed E-state index contributed by atoms with van der Waals surface area (Å²) in [7, 11) is 1.41. The number of hydrazone groups is 1. The topological polar surface area (TPSA) is 151 Å². The molecule has 2 heterocycles. The maximum Gasteiger partial charge on any atom is 0.379 e. The molecule has 1 amide bonds. The lowest BCUT2D eigenvalue weighted by atomic mass is 10.2. The first-order chi connectivity index (χ1) is 15.3. The van der Waals surface area contributed by atoms with Crippen molar-refractivity contribution in [3.8, 4) is 11.5 Å². The number of amides is 1. The van der Waals surface area contributed by atoms with E-state index in [1.54, 1.807) is 18.2 Å². The Labute approximate surface area is 181 Å². The fourth-order valence-electron chi connectivity index (χ4n) is 2.85. The molecule has 0 saturated heterocycles. The van der Waals surface area contributed by atoms with Crippen molar-refractivity contribution in [2.24, 2.45) is 5.10 Å². The molecule has 166 valence electrons. The Hall–Kier alpha value is -4.48. The van der Waals surface area contributed by atoms with E-state index in [9.17, 15) is 19.7 Å². The predicted molar refractivity (Wildman–Crippen MR) is 111 cm³/mol. The number of furan rings is 1. The van der Waals surface area contributed by atoms with Crippen LogP contribution >= 0.6 is 0 Å². The molecule has 0 atom stereocenters. The van der Waals surface area contributed by atoms with Gasteiger partial charge in [-0.25, -0.2) is 10.2 Å². The fraction of sp³-hybridized carbons (Fsp3) is 0.200. The number of methoxy groups -OCH3 is 1. The maximum absolute atomic E-state index is 12.1. The zero-order valence-corrected chi connectivity index (χ0v) is 17.4. The summed E-state index contributed by atoms with van der Waals surface area (Å²) < 4.78 is 16.7. The molecule has 0 unspecified atom stereocenters. The summed E-state index contributed by atoms with van der Waals surface area (Å²) >= 11 is 0. The number of aromatic nitrogens is 2. The Morgan fingerprint density at radius 2 is 2.09 bits per heavy atom. The van der Waals surface area contributed by atoms with Gasteiger partial charge in [-0.1, -0.05) is 0 Å². The standard InChI is InChI=1S/C20H19N5O7/c1-12-19(25(28)29)13(2)24(23-12)11-18(26)22-21-10-14-6-7-15(17(9-14)30-3)32-20(27)16-5-4-8-31-16/h4-10H,11H2,1-3H3,(H,22,26)/b21-10+. The van der Waals surface area contributed by atoms with Crippen LogP contribution in [-0.4, -0.2) is 39.9 Å². The summed E-state index contributed by atoms with van der Waals surface area (Å²) in [5.41, 5.74) is 3.26. The van der Waals surface area contributed by atoms with Crippen molar-refractivity contribution in [2.45, 2.75) is 20.4 Å². The lowest BCUT2D eigenvalue weighted by Crippen LogP contribution is -2.24. The number of hydrogen-bond donors (Lipinski definition) is 1. The fourth-order valence-corrected chi connectivity index (χ4v) is 2.85. The number of aryl methyl sites for hydroxylation is 1. The molecule has 0 aliphatic carbocycles. The average Bonchev–Trinajstić information content (AvgIpc) is 3.37. The van der Waals surface area contributed by atoms with E-state index < -0.39 is 16.8 Å². The highest BCUT2D eigenvalue weighted by molar-refractivity contribution is 5.89. The summed E-state index contributed by atoms with van der Waals surface area (Å²) in [6.45, 7) is 2.78. The van der Waals surface area contributed by atoms with Gasteiger partial charge >= 0.3 is 11.7 Å². The summed E-state index contributed by atoms with van der Waals surface area (Å²) in [5, 5.41) is 18.9. The Morgan fingerprint density at radius 3 is 2.72 bits per heavy atom. The quantitative estimate of drug-likeness (QED) is 0.184. The molecule has 3 aromatic rings. The highest BCUT2D eigenvalue weighted by atomic mass is 16.6. The Morgan fingerprint density at radius 1 is 1.31 bits per heavy atom. The molecule has 0 spiro atoms. The largest absolute Gasteiger partial charge is 0.493 e. The van der Waals surface area contributed by atoms with E-state index in [0.717, 1.165) is 0 Å². The van der Waals surface area contributed by atoms with Gasteiger partial charge in [0.05, 0.1) is 24.5 Å². The minimum Gasteiger partial charge on any atom is -0.493 e. The molecule has 12 heteroatoms. The summed E-state index contributed by atoms with van der Waals surface area (Å²) in [4.78, 5) is 34.6. The van der Waals surface area contributed by atoms with Crippen molar-refractivity contribution in [3.63, 3.8) is 0 Å².